The lowest BCUT2D eigenvalue weighted by Crippen LogP contribution is -2.29. The average Bonchev–Trinajstić information content (AvgIpc) is 3.05. The van der Waals surface area contributed by atoms with Crippen LogP contribution in [-0.4, -0.2) is 22.4 Å². The number of hydrogen-bond acceptors (Lipinski definition) is 4. The second-order valence-corrected chi connectivity index (χ2v) is 9.32. The van der Waals surface area contributed by atoms with Gasteiger partial charge >= 0.3 is 0 Å². The van der Waals surface area contributed by atoms with Gasteiger partial charge in [0.05, 0.1) is 17.6 Å². The standard InChI is InChI=1S/C25H31N3O2/c1-5-30-21-9-7-19(8-10-21)26-24-27-22-13-18(16-29)6-11-23(22)28(24)20-12-17(2)14-25(3,4)15-20/h6-11,13,16-17,20H,5,12,14-15H2,1-4H3,(H,26,27)/t17?,20-/m1/s1. The van der Waals surface area contributed by atoms with E-state index in [2.05, 4.69) is 30.7 Å². The van der Waals surface area contributed by atoms with E-state index in [1.807, 2.05) is 49.4 Å². The van der Waals surface area contributed by atoms with Crippen LogP contribution in [0.5, 0.6) is 5.75 Å². The number of anilines is 2. The molecule has 2 atom stereocenters. The molecule has 0 aliphatic heterocycles. The Bertz CT molecular complexity index is 1040. The van der Waals surface area contributed by atoms with Crippen molar-refractivity contribution in [3.05, 3.63) is 48.0 Å². The van der Waals surface area contributed by atoms with Crippen LogP contribution in [0.1, 0.15) is 63.4 Å². The lowest BCUT2D eigenvalue weighted by atomic mass is 9.70. The Labute approximate surface area is 178 Å². The van der Waals surface area contributed by atoms with Gasteiger partial charge in [-0.2, -0.15) is 0 Å². The molecule has 0 spiro atoms. The zero-order valence-electron chi connectivity index (χ0n) is 18.3. The second kappa shape index (κ2) is 8.13. The third kappa shape index (κ3) is 4.20. The molecule has 5 nitrogen and oxygen atoms in total. The highest BCUT2D eigenvalue weighted by Gasteiger charge is 2.34. The lowest BCUT2D eigenvalue weighted by Gasteiger charge is -2.40. The summed E-state index contributed by atoms with van der Waals surface area (Å²) in [4.78, 5) is 16.2. The number of benzene rings is 2. The molecule has 1 aliphatic carbocycles. The number of aldehydes is 1. The molecular formula is C25H31N3O2. The summed E-state index contributed by atoms with van der Waals surface area (Å²) in [5.74, 6) is 2.34. The van der Waals surface area contributed by atoms with E-state index >= 15 is 0 Å². The van der Waals surface area contributed by atoms with E-state index in [1.54, 1.807) is 0 Å². The highest BCUT2D eigenvalue weighted by Crippen LogP contribution is 2.46. The van der Waals surface area contributed by atoms with E-state index in [0.717, 1.165) is 47.5 Å². The number of imidazole rings is 1. The predicted molar refractivity (Wildman–Crippen MR) is 122 cm³/mol. The number of aromatic nitrogens is 2. The van der Waals surface area contributed by atoms with E-state index in [-0.39, 0.29) is 5.41 Å². The average molecular weight is 406 g/mol. The molecule has 5 heteroatoms. The van der Waals surface area contributed by atoms with Crippen molar-refractivity contribution in [1.29, 1.82) is 0 Å². The summed E-state index contributed by atoms with van der Waals surface area (Å²) in [5.41, 5.74) is 3.83. The van der Waals surface area contributed by atoms with Gasteiger partial charge in [-0.05, 0) is 80.0 Å². The molecule has 158 valence electrons. The fraction of sp³-hybridized carbons (Fsp3) is 0.440. The summed E-state index contributed by atoms with van der Waals surface area (Å²) in [7, 11) is 0. The molecule has 30 heavy (non-hydrogen) atoms. The summed E-state index contributed by atoms with van der Waals surface area (Å²) in [6.07, 6.45) is 4.36. The summed E-state index contributed by atoms with van der Waals surface area (Å²) in [5, 5.41) is 3.52. The van der Waals surface area contributed by atoms with Gasteiger partial charge in [0.2, 0.25) is 5.95 Å². The first-order chi connectivity index (χ1) is 14.4. The Balaban J connectivity index is 1.75. The number of rotatable bonds is 6. The van der Waals surface area contributed by atoms with E-state index in [4.69, 9.17) is 9.72 Å². The number of fused-ring (bicyclic) bond motifs is 1. The quantitative estimate of drug-likeness (QED) is 0.484. The van der Waals surface area contributed by atoms with Gasteiger partial charge in [-0.1, -0.05) is 20.8 Å². The lowest BCUT2D eigenvalue weighted by molar-refractivity contribution is 0.112. The molecule has 1 heterocycles. The molecule has 3 aromatic rings. The summed E-state index contributed by atoms with van der Waals surface area (Å²) >= 11 is 0. The van der Waals surface area contributed by atoms with Crippen molar-refractivity contribution < 1.29 is 9.53 Å². The van der Waals surface area contributed by atoms with Crippen molar-refractivity contribution in [2.24, 2.45) is 11.3 Å². The van der Waals surface area contributed by atoms with Crippen molar-refractivity contribution >= 4 is 29.0 Å². The molecule has 4 rings (SSSR count). The van der Waals surface area contributed by atoms with Crippen molar-refractivity contribution in [3.8, 4) is 5.75 Å². The molecular weight excluding hydrogens is 374 g/mol. The fourth-order valence-corrected chi connectivity index (χ4v) is 5.07. The molecule has 1 aliphatic rings. The first-order valence-electron chi connectivity index (χ1n) is 10.9. The zero-order valence-corrected chi connectivity index (χ0v) is 18.3. The van der Waals surface area contributed by atoms with E-state index in [1.165, 1.54) is 6.42 Å². The highest BCUT2D eigenvalue weighted by molar-refractivity contribution is 5.87. The van der Waals surface area contributed by atoms with Crippen LogP contribution in [0, 0.1) is 11.3 Å². The SMILES string of the molecule is CCOc1ccc(Nc2nc3cc(C=O)ccc3n2[C@@H]2CC(C)CC(C)(C)C2)cc1. The number of nitrogens with zero attached hydrogens (tertiary/aromatic N) is 2. The van der Waals surface area contributed by atoms with Gasteiger partial charge in [-0.3, -0.25) is 4.79 Å². The molecule has 0 bridgehead atoms. The number of ether oxygens (including phenoxy) is 1. The van der Waals surface area contributed by atoms with Crippen LogP contribution in [-0.2, 0) is 0 Å². The monoisotopic (exact) mass is 405 g/mol. The maximum atomic E-state index is 11.3. The normalized spacial score (nSPS) is 20.8. The fourth-order valence-electron chi connectivity index (χ4n) is 5.07. The minimum atomic E-state index is 0.290. The molecule has 0 saturated heterocycles. The minimum absolute atomic E-state index is 0.290. The van der Waals surface area contributed by atoms with E-state index in [9.17, 15) is 4.79 Å². The van der Waals surface area contributed by atoms with Gasteiger partial charge in [0, 0.05) is 17.3 Å². The van der Waals surface area contributed by atoms with Crippen molar-refractivity contribution in [2.45, 2.75) is 53.0 Å². The third-order valence-corrected chi connectivity index (χ3v) is 6.00. The Morgan fingerprint density at radius 1 is 1.20 bits per heavy atom. The predicted octanol–water partition coefficient (Wildman–Crippen LogP) is 6.38. The number of hydrogen-bond donors (Lipinski definition) is 1. The first-order valence-corrected chi connectivity index (χ1v) is 10.9. The van der Waals surface area contributed by atoms with Crippen LogP contribution in [0.4, 0.5) is 11.6 Å². The van der Waals surface area contributed by atoms with Crippen molar-refractivity contribution in [1.82, 2.24) is 9.55 Å². The van der Waals surface area contributed by atoms with Gasteiger partial charge in [0.25, 0.3) is 0 Å². The van der Waals surface area contributed by atoms with Crippen LogP contribution in [0.2, 0.25) is 0 Å². The van der Waals surface area contributed by atoms with Gasteiger partial charge in [-0.15, -0.1) is 0 Å². The Kier molecular flexibility index (Phi) is 5.54. The zero-order chi connectivity index (χ0) is 21.3. The number of nitrogens with one attached hydrogen (secondary N) is 1. The van der Waals surface area contributed by atoms with Crippen LogP contribution in [0.25, 0.3) is 11.0 Å². The van der Waals surface area contributed by atoms with Gasteiger partial charge in [-0.25, -0.2) is 4.98 Å². The molecule has 0 radical (unpaired) electrons. The van der Waals surface area contributed by atoms with Crippen LogP contribution in [0.15, 0.2) is 42.5 Å². The second-order valence-electron chi connectivity index (χ2n) is 9.32. The summed E-state index contributed by atoms with van der Waals surface area (Å²) in [6.45, 7) is 9.70. The van der Waals surface area contributed by atoms with Crippen LogP contribution < -0.4 is 10.1 Å². The minimum Gasteiger partial charge on any atom is -0.494 e. The molecule has 1 saturated carbocycles. The molecule has 1 aromatic heterocycles. The first kappa shape index (κ1) is 20.5. The Morgan fingerprint density at radius 3 is 2.63 bits per heavy atom. The van der Waals surface area contributed by atoms with Crippen molar-refractivity contribution in [2.75, 3.05) is 11.9 Å². The summed E-state index contributed by atoms with van der Waals surface area (Å²) in [6, 6.07) is 14.1. The van der Waals surface area contributed by atoms with Gasteiger partial charge < -0.3 is 14.6 Å². The molecule has 0 amide bonds. The molecule has 1 unspecified atom stereocenters. The molecule has 1 N–H and O–H groups in total. The van der Waals surface area contributed by atoms with Crippen LogP contribution >= 0.6 is 0 Å². The third-order valence-electron chi connectivity index (χ3n) is 6.00. The highest BCUT2D eigenvalue weighted by atomic mass is 16.5. The topological polar surface area (TPSA) is 56.1 Å². The van der Waals surface area contributed by atoms with Gasteiger partial charge in [0.15, 0.2) is 0 Å². The molecule has 2 aromatic carbocycles. The Hall–Kier alpha value is -2.82. The van der Waals surface area contributed by atoms with Crippen LogP contribution in [0.3, 0.4) is 0 Å². The van der Waals surface area contributed by atoms with E-state index < -0.39 is 0 Å². The molecule has 1 fully saturated rings. The largest absolute Gasteiger partial charge is 0.494 e. The van der Waals surface area contributed by atoms with Gasteiger partial charge in [0.1, 0.15) is 12.0 Å². The summed E-state index contributed by atoms with van der Waals surface area (Å²) < 4.78 is 7.90. The smallest absolute Gasteiger partial charge is 0.208 e. The maximum absolute atomic E-state index is 11.3. The maximum Gasteiger partial charge on any atom is 0.208 e. The number of carbonyl (C=O) groups is 1. The number of carbonyl (C=O) groups excluding carboxylic acids is 1. The Morgan fingerprint density at radius 2 is 1.97 bits per heavy atom. The van der Waals surface area contributed by atoms with Crippen molar-refractivity contribution in [3.63, 3.8) is 0 Å². The van der Waals surface area contributed by atoms with E-state index in [0.29, 0.717) is 24.1 Å².